The minimum Gasteiger partial charge on any atom is -0.484 e. The lowest BCUT2D eigenvalue weighted by Gasteiger charge is -2.12. The van der Waals surface area contributed by atoms with Crippen molar-refractivity contribution in [2.75, 3.05) is 6.61 Å². The molecular weight excluding hydrogens is 465 g/mol. The SMILES string of the molecule is Cc1cc(C)cc(OCC(=O)NNC(=S)NC(=O)c2ccccc2I)c1. The van der Waals surface area contributed by atoms with Gasteiger partial charge in [-0.15, -0.1) is 0 Å². The van der Waals surface area contributed by atoms with E-state index in [2.05, 4.69) is 38.8 Å². The van der Waals surface area contributed by atoms with Crippen LogP contribution < -0.4 is 20.9 Å². The van der Waals surface area contributed by atoms with Crippen LogP contribution in [0, 0.1) is 17.4 Å². The van der Waals surface area contributed by atoms with E-state index in [9.17, 15) is 9.59 Å². The van der Waals surface area contributed by atoms with Gasteiger partial charge in [-0.2, -0.15) is 0 Å². The highest BCUT2D eigenvalue weighted by molar-refractivity contribution is 14.1. The number of thiocarbonyl (C=S) groups is 1. The first-order chi connectivity index (χ1) is 12.3. The van der Waals surface area contributed by atoms with E-state index in [1.54, 1.807) is 12.1 Å². The highest BCUT2D eigenvalue weighted by atomic mass is 127. The minimum atomic E-state index is -0.421. The maximum atomic E-state index is 12.1. The zero-order chi connectivity index (χ0) is 19.1. The molecule has 0 aliphatic carbocycles. The Morgan fingerprint density at radius 2 is 1.73 bits per heavy atom. The zero-order valence-corrected chi connectivity index (χ0v) is 17.2. The molecule has 0 saturated carbocycles. The normalized spacial score (nSPS) is 9.96. The van der Waals surface area contributed by atoms with E-state index in [0.29, 0.717) is 11.3 Å². The summed E-state index contributed by atoms with van der Waals surface area (Å²) in [5.74, 6) is -0.157. The molecule has 8 heteroatoms. The van der Waals surface area contributed by atoms with E-state index in [4.69, 9.17) is 17.0 Å². The predicted molar refractivity (Wildman–Crippen MR) is 112 cm³/mol. The molecule has 0 bridgehead atoms. The summed E-state index contributed by atoms with van der Waals surface area (Å²) in [5, 5.41) is 2.50. The molecule has 2 aromatic rings. The fourth-order valence-electron chi connectivity index (χ4n) is 2.17. The second-order valence-electron chi connectivity index (χ2n) is 5.55. The van der Waals surface area contributed by atoms with Gasteiger partial charge in [-0.25, -0.2) is 0 Å². The van der Waals surface area contributed by atoms with Gasteiger partial charge in [0.1, 0.15) is 5.75 Å². The van der Waals surface area contributed by atoms with Crippen molar-refractivity contribution < 1.29 is 14.3 Å². The van der Waals surface area contributed by atoms with Gasteiger partial charge in [0.15, 0.2) is 11.7 Å². The van der Waals surface area contributed by atoms with Crippen LogP contribution in [0.1, 0.15) is 21.5 Å². The number of nitrogens with one attached hydrogen (secondary N) is 3. The summed E-state index contributed by atoms with van der Waals surface area (Å²) >= 11 is 7.07. The smallest absolute Gasteiger partial charge is 0.276 e. The number of carbonyl (C=O) groups excluding carboxylic acids is 2. The molecule has 6 nitrogen and oxygen atoms in total. The van der Waals surface area contributed by atoms with Crippen molar-refractivity contribution in [1.82, 2.24) is 16.2 Å². The summed E-state index contributed by atoms with van der Waals surface area (Å²) in [4.78, 5) is 23.9. The van der Waals surface area contributed by atoms with Crippen LogP contribution in [0.2, 0.25) is 0 Å². The molecular formula is C18H18IN3O3S. The van der Waals surface area contributed by atoms with Crippen LogP contribution in [0.25, 0.3) is 0 Å². The molecule has 0 aliphatic heterocycles. The second-order valence-corrected chi connectivity index (χ2v) is 7.12. The first kappa shape index (κ1) is 20.1. The number of rotatable bonds is 4. The molecule has 0 saturated heterocycles. The molecule has 0 unspecified atom stereocenters. The maximum Gasteiger partial charge on any atom is 0.276 e. The summed E-state index contributed by atoms with van der Waals surface area (Å²) in [7, 11) is 0. The van der Waals surface area contributed by atoms with Gasteiger partial charge in [-0.05, 0) is 84.0 Å². The molecule has 3 N–H and O–H groups in total. The number of halogens is 1. The van der Waals surface area contributed by atoms with E-state index in [-0.39, 0.29) is 17.6 Å². The van der Waals surface area contributed by atoms with Gasteiger partial charge >= 0.3 is 0 Å². The summed E-state index contributed by atoms with van der Waals surface area (Å²) < 4.78 is 6.25. The Bertz CT molecular complexity index is 822. The highest BCUT2D eigenvalue weighted by Gasteiger charge is 2.11. The molecule has 26 heavy (non-hydrogen) atoms. The lowest BCUT2D eigenvalue weighted by atomic mass is 10.1. The Kier molecular flexibility index (Phi) is 7.34. The van der Waals surface area contributed by atoms with E-state index >= 15 is 0 Å². The first-order valence-corrected chi connectivity index (χ1v) is 9.19. The molecule has 0 spiro atoms. The molecule has 0 fully saturated rings. The number of hydrogen-bond donors (Lipinski definition) is 3. The Hall–Kier alpha value is -2.20. The third kappa shape index (κ3) is 6.26. The Labute approximate surface area is 170 Å². The number of ether oxygens (including phenoxy) is 1. The Morgan fingerprint density at radius 1 is 1.08 bits per heavy atom. The third-order valence-corrected chi connectivity index (χ3v) is 4.37. The maximum absolute atomic E-state index is 12.1. The summed E-state index contributed by atoms with van der Waals surface area (Å²) in [6.07, 6.45) is 0. The van der Waals surface area contributed by atoms with Gasteiger partial charge in [0.2, 0.25) is 0 Å². The van der Waals surface area contributed by atoms with Crippen LogP contribution in [0.15, 0.2) is 42.5 Å². The Morgan fingerprint density at radius 3 is 2.38 bits per heavy atom. The van der Waals surface area contributed by atoms with Crippen molar-refractivity contribution in [1.29, 1.82) is 0 Å². The fraction of sp³-hybridized carbons (Fsp3) is 0.167. The van der Waals surface area contributed by atoms with Gasteiger partial charge in [0.05, 0.1) is 5.56 Å². The topological polar surface area (TPSA) is 79.5 Å². The number of benzene rings is 2. The van der Waals surface area contributed by atoms with Crippen LogP contribution in [0.3, 0.4) is 0 Å². The average Bonchev–Trinajstić information content (AvgIpc) is 2.57. The van der Waals surface area contributed by atoms with Crippen LogP contribution in [0.5, 0.6) is 5.75 Å². The largest absolute Gasteiger partial charge is 0.484 e. The van der Waals surface area contributed by atoms with Crippen LogP contribution in [0.4, 0.5) is 0 Å². The molecule has 2 aromatic carbocycles. The van der Waals surface area contributed by atoms with Gasteiger partial charge in [-0.1, -0.05) is 18.2 Å². The standard InChI is InChI=1S/C18H18IN3O3S/c1-11-7-12(2)9-13(8-11)25-10-16(23)21-22-18(26)20-17(24)14-5-3-4-6-15(14)19/h3-9H,10H2,1-2H3,(H,21,23)(H2,20,22,24,26). The van der Waals surface area contributed by atoms with Gasteiger partial charge in [0, 0.05) is 3.57 Å². The molecule has 2 rings (SSSR count). The quantitative estimate of drug-likeness (QED) is 0.354. The van der Waals surface area contributed by atoms with Crippen molar-refractivity contribution in [2.45, 2.75) is 13.8 Å². The van der Waals surface area contributed by atoms with Crippen molar-refractivity contribution in [3.63, 3.8) is 0 Å². The fourth-order valence-corrected chi connectivity index (χ4v) is 2.95. The van der Waals surface area contributed by atoms with E-state index in [1.165, 1.54) is 0 Å². The number of hydrazine groups is 1. The highest BCUT2D eigenvalue weighted by Crippen LogP contribution is 2.15. The van der Waals surface area contributed by atoms with Crippen molar-refractivity contribution in [3.05, 3.63) is 62.7 Å². The van der Waals surface area contributed by atoms with Crippen LogP contribution >= 0.6 is 34.8 Å². The summed E-state index contributed by atoms with van der Waals surface area (Å²) in [5.41, 5.74) is 7.47. The monoisotopic (exact) mass is 483 g/mol. The van der Waals surface area contributed by atoms with E-state index in [0.717, 1.165) is 14.7 Å². The number of amides is 2. The van der Waals surface area contributed by atoms with Crippen molar-refractivity contribution >= 4 is 51.7 Å². The first-order valence-electron chi connectivity index (χ1n) is 7.71. The summed E-state index contributed by atoms with van der Waals surface area (Å²) in [6, 6.07) is 12.8. The summed E-state index contributed by atoms with van der Waals surface area (Å²) in [6.45, 7) is 3.73. The third-order valence-electron chi connectivity index (χ3n) is 3.23. The average molecular weight is 483 g/mol. The number of carbonyl (C=O) groups is 2. The van der Waals surface area contributed by atoms with E-state index < -0.39 is 5.91 Å². The lowest BCUT2D eigenvalue weighted by Crippen LogP contribution is -2.49. The van der Waals surface area contributed by atoms with Gasteiger partial charge in [0.25, 0.3) is 11.8 Å². The molecule has 2 amide bonds. The van der Waals surface area contributed by atoms with Crippen molar-refractivity contribution in [3.8, 4) is 5.75 Å². The molecule has 0 aromatic heterocycles. The van der Waals surface area contributed by atoms with Gasteiger partial charge < -0.3 is 4.74 Å². The molecule has 0 aliphatic rings. The van der Waals surface area contributed by atoms with Gasteiger partial charge in [-0.3, -0.25) is 25.8 Å². The molecule has 136 valence electrons. The minimum absolute atomic E-state index is 0.00518. The molecule has 0 radical (unpaired) electrons. The zero-order valence-electron chi connectivity index (χ0n) is 14.3. The van der Waals surface area contributed by atoms with E-state index in [1.807, 2.05) is 44.2 Å². The molecule has 0 heterocycles. The molecule has 0 atom stereocenters. The number of aryl methyl sites for hydroxylation is 2. The van der Waals surface area contributed by atoms with Crippen LogP contribution in [-0.4, -0.2) is 23.5 Å². The van der Waals surface area contributed by atoms with Crippen LogP contribution in [-0.2, 0) is 4.79 Å². The van der Waals surface area contributed by atoms with Crippen molar-refractivity contribution in [2.24, 2.45) is 0 Å². The second kappa shape index (κ2) is 9.48. The lowest BCUT2D eigenvalue weighted by molar-refractivity contribution is -0.123. The Balaban J connectivity index is 1.77. The number of hydrogen-bond acceptors (Lipinski definition) is 4. The predicted octanol–water partition coefficient (Wildman–Crippen LogP) is 2.62.